The maximum absolute atomic E-state index is 12.5. The number of hydrogen-bond acceptors (Lipinski definition) is 5. The SMILES string of the molecule is CCC[Si](C#Cc1cc(C)nc(COS(=O)(=O)c2ccc(C)cc2)n1)(CCC)CCC. The maximum atomic E-state index is 12.5. The van der Waals surface area contributed by atoms with Gasteiger partial charge in [-0.05, 0) is 50.2 Å². The first-order valence-electron chi connectivity index (χ1n) is 11.1. The van der Waals surface area contributed by atoms with E-state index >= 15 is 0 Å². The second-order valence-electron chi connectivity index (χ2n) is 8.12. The molecular weight excluding hydrogens is 424 g/mol. The molecule has 0 amide bonds. The summed E-state index contributed by atoms with van der Waals surface area (Å²) in [5.41, 5.74) is 6.02. The molecule has 2 aromatic rings. The van der Waals surface area contributed by atoms with Crippen LogP contribution in [0.3, 0.4) is 0 Å². The second kappa shape index (κ2) is 11.6. The molecule has 168 valence electrons. The Morgan fingerprint density at radius 3 is 2.06 bits per heavy atom. The van der Waals surface area contributed by atoms with E-state index < -0.39 is 18.2 Å². The van der Waals surface area contributed by atoms with Crippen LogP contribution < -0.4 is 0 Å². The van der Waals surface area contributed by atoms with E-state index in [4.69, 9.17) is 4.18 Å². The van der Waals surface area contributed by atoms with Gasteiger partial charge in [-0.1, -0.05) is 63.7 Å². The third-order valence-electron chi connectivity index (χ3n) is 5.19. The van der Waals surface area contributed by atoms with E-state index in [9.17, 15) is 8.42 Å². The molecule has 1 aromatic heterocycles. The lowest BCUT2D eigenvalue weighted by atomic mass is 10.2. The Hall–Kier alpha value is -2.01. The monoisotopic (exact) mass is 458 g/mol. The van der Waals surface area contributed by atoms with Crippen molar-refractivity contribution in [1.29, 1.82) is 0 Å². The lowest BCUT2D eigenvalue weighted by Crippen LogP contribution is -2.32. The van der Waals surface area contributed by atoms with Crippen LogP contribution in [0.4, 0.5) is 0 Å². The van der Waals surface area contributed by atoms with Crippen molar-refractivity contribution < 1.29 is 12.6 Å². The lowest BCUT2D eigenvalue weighted by molar-refractivity contribution is 0.298. The molecule has 0 radical (unpaired) electrons. The fourth-order valence-corrected chi connectivity index (χ4v) is 9.11. The predicted octanol–water partition coefficient (Wildman–Crippen LogP) is 5.57. The van der Waals surface area contributed by atoms with Crippen LogP contribution in [0.15, 0.2) is 35.2 Å². The molecule has 0 atom stereocenters. The molecule has 2 rings (SSSR count). The van der Waals surface area contributed by atoms with E-state index in [0.717, 1.165) is 30.5 Å². The third kappa shape index (κ3) is 7.56. The minimum atomic E-state index is -3.87. The van der Waals surface area contributed by atoms with Gasteiger partial charge in [0.1, 0.15) is 20.4 Å². The molecule has 0 fully saturated rings. The van der Waals surface area contributed by atoms with Crippen molar-refractivity contribution in [2.45, 2.75) is 83.5 Å². The van der Waals surface area contributed by atoms with Gasteiger partial charge in [-0.25, -0.2) is 9.97 Å². The van der Waals surface area contributed by atoms with Gasteiger partial charge in [0.15, 0.2) is 5.82 Å². The smallest absolute Gasteiger partial charge is 0.258 e. The molecule has 0 bridgehead atoms. The Kier molecular flexibility index (Phi) is 9.42. The molecule has 0 aliphatic rings. The third-order valence-corrected chi connectivity index (χ3v) is 11.5. The van der Waals surface area contributed by atoms with Gasteiger partial charge in [-0.2, -0.15) is 8.42 Å². The van der Waals surface area contributed by atoms with Crippen molar-refractivity contribution in [3.8, 4) is 11.5 Å². The number of aryl methyl sites for hydroxylation is 2. The summed E-state index contributed by atoms with van der Waals surface area (Å²) >= 11 is 0. The molecule has 1 heterocycles. The van der Waals surface area contributed by atoms with Crippen molar-refractivity contribution in [1.82, 2.24) is 9.97 Å². The van der Waals surface area contributed by atoms with E-state index in [-0.39, 0.29) is 11.5 Å². The molecule has 0 spiro atoms. The summed E-state index contributed by atoms with van der Waals surface area (Å²) in [5, 5.41) is 0. The Balaban J connectivity index is 2.24. The summed E-state index contributed by atoms with van der Waals surface area (Å²) in [4.78, 5) is 8.94. The van der Waals surface area contributed by atoms with E-state index in [0.29, 0.717) is 11.5 Å². The van der Waals surface area contributed by atoms with E-state index in [1.165, 1.54) is 30.3 Å². The molecule has 1 aromatic carbocycles. The van der Waals surface area contributed by atoms with Crippen LogP contribution in [0.25, 0.3) is 0 Å². The Bertz CT molecular complexity index is 1010. The van der Waals surface area contributed by atoms with Crippen molar-refractivity contribution in [2.24, 2.45) is 0 Å². The van der Waals surface area contributed by atoms with Crippen LogP contribution in [0, 0.1) is 25.3 Å². The minimum absolute atomic E-state index is 0.125. The Morgan fingerprint density at radius 1 is 0.935 bits per heavy atom. The predicted molar refractivity (Wildman–Crippen MR) is 128 cm³/mol. The largest absolute Gasteiger partial charge is 0.297 e. The van der Waals surface area contributed by atoms with Crippen LogP contribution in [0.2, 0.25) is 18.1 Å². The first kappa shape index (κ1) is 25.2. The fourth-order valence-electron chi connectivity index (χ4n) is 3.86. The highest BCUT2D eigenvalue weighted by molar-refractivity contribution is 7.86. The summed E-state index contributed by atoms with van der Waals surface area (Å²) < 4.78 is 30.1. The zero-order valence-corrected chi connectivity index (χ0v) is 21.2. The van der Waals surface area contributed by atoms with Gasteiger partial charge in [0, 0.05) is 5.69 Å². The molecule has 0 unspecified atom stereocenters. The van der Waals surface area contributed by atoms with Gasteiger partial charge < -0.3 is 0 Å². The summed E-state index contributed by atoms with van der Waals surface area (Å²) in [6.45, 7) is 10.2. The summed E-state index contributed by atoms with van der Waals surface area (Å²) in [6.07, 6.45) is 3.46. The molecule has 7 heteroatoms. The molecular formula is C24H34N2O3SSi. The molecule has 0 saturated carbocycles. The van der Waals surface area contributed by atoms with Gasteiger partial charge in [-0.3, -0.25) is 4.18 Å². The van der Waals surface area contributed by atoms with Crippen molar-refractivity contribution >= 4 is 18.2 Å². The average molecular weight is 459 g/mol. The number of nitrogens with zero attached hydrogens (tertiary/aromatic N) is 2. The summed E-state index contributed by atoms with van der Waals surface area (Å²) in [6, 6.07) is 12.0. The van der Waals surface area contributed by atoms with Gasteiger partial charge >= 0.3 is 0 Å². The van der Waals surface area contributed by atoms with Gasteiger partial charge in [0.2, 0.25) is 0 Å². The van der Waals surface area contributed by atoms with Crippen LogP contribution >= 0.6 is 0 Å². The van der Waals surface area contributed by atoms with Crippen molar-refractivity contribution in [2.75, 3.05) is 0 Å². The first-order valence-corrected chi connectivity index (χ1v) is 15.1. The van der Waals surface area contributed by atoms with Crippen LogP contribution in [0.1, 0.15) is 62.8 Å². The summed E-state index contributed by atoms with van der Waals surface area (Å²) in [7, 11) is -5.53. The standard InChI is InChI=1S/C24H34N2O3SSi/c1-6-14-31(15-7-2,16-8-3)17-13-22-18-21(5)25-24(26-22)19-29-30(27,28)23-11-9-20(4)10-12-23/h9-12,18H,6-8,14-16,19H2,1-5H3. The number of benzene rings is 1. The summed E-state index contributed by atoms with van der Waals surface area (Å²) in [5.74, 6) is 3.64. The minimum Gasteiger partial charge on any atom is -0.258 e. The average Bonchev–Trinajstić information content (AvgIpc) is 2.72. The molecule has 31 heavy (non-hydrogen) atoms. The van der Waals surface area contributed by atoms with E-state index in [2.05, 4.69) is 42.2 Å². The van der Waals surface area contributed by atoms with Crippen LogP contribution in [-0.2, 0) is 20.9 Å². The fraction of sp³-hybridized carbons (Fsp3) is 0.500. The van der Waals surface area contributed by atoms with Crippen LogP contribution in [0.5, 0.6) is 0 Å². The molecule has 0 aliphatic carbocycles. The lowest BCUT2D eigenvalue weighted by Gasteiger charge is -2.24. The first-order chi connectivity index (χ1) is 14.7. The Labute approximate surface area is 188 Å². The van der Waals surface area contributed by atoms with E-state index in [1.807, 2.05) is 19.9 Å². The van der Waals surface area contributed by atoms with Crippen molar-refractivity contribution in [3.63, 3.8) is 0 Å². The van der Waals surface area contributed by atoms with Gasteiger partial charge in [-0.15, -0.1) is 5.54 Å². The van der Waals surface area contributed by atoms with Gasteiger partial charge in [0.25, 0.3) is 10.1 Å². The number of rotatable bonds is 10. The zero-order chi connectivity index (χ0) is 22.9. The quantitative estimate of drug-likeness (QED) is 0.264. The molecule has 5 nitrogen and oxygen atoms in total. The van der Waals surface area contributed by atoms with Gasteiger partial charge in [0.05, 0.1) is 4.90 Å². The zero-order valence-electron chi connectivity index (χ0n) is 19.4. The Morgan fingerprint density at radius 2 is 1.52 bits per heavy atom. The normalized spacial score (nSPS) is 11.8. The highest BCUT2D eigenvalue weighted by Crippen LogP contribution is 2.25. The number of hydrogen-bond donors (Lipinski definition) is 0. The highest BCUT2D eigenvalue weighted by Gasteiger charge is 2.28. The maximum Gasteiger partial charge on any atom is 0.297 e. The van der Waals surface area contributed by atoms with Crippen molar-refractivity contribution in [3.05, 3.63) is 53.1 Å². The topological polar surface area (TPSA) is 69.2 Å². The van der Waals surface area contributed by atoms with E-state index in [1.54, 1.807) is 12.1 Å². The molecule has 0 N–H and O–H groups in total. The molecule has 0 aliphatic heterocycles. The second-order valence-corrected chi connectivity index (χ2v) is 14.0. The number of aromatic nitrogens is 2. The molecule has 0 saturated heterocycles. The highest BCUT2D eigenvalue weighted by atomic mass is 32.2. The van der Waals surface area contributed by atoms with Crippen LogP contribution in [-0.4, -0.2) is 26.5 Å².